The van der Waals surface area contributed by atoms with E-state index in [-0.39, 0.29) is 6.54 Å². The molecule has 158 valence electrons. The first kappa shape index (κ1) is 21.2. The standard InChI is InChI=1S/C22H26N4O4/c1-22(14-13-16-9-5-4-6-10-16)20(28)26(21(29)23-22)24-19(27)15-25(2)17-11-7-8-12-18(17)30-3/h4-12H,13-15H2,1-3H3,(H,23,29)(H,24,27). The van der Waals surface area contributed by atoms with Crippen LogP contribution in [0.2, 0.25) is 0 Å². The third kappa shape index (κ3) is 4.53. The molecule has 0 aliphatic carbocycles. The summed E-state index contributed by atoms with van der Waals surface area (Å²) in [5.74, 6) is -0.341. The fraction of sp³-hybridized carbons (Fsp3) is 0.318. The quantitative estimate of drug-likeness (QED) is 0.651. The zero-order valence-electron chi connectivity index (χ0n) is 17.3. The highest BCUT2D eigenvalue weighted by Gasteiger charge is 2.48. The number of carbonyl (C=O) groups excluding carboxylic acids is 3. The van der Waals surface area contributed by atoms with Crippen molar-refractivity contribution in [3.63, 3.8) is 0 Å². The molecule has 2 aromatic rings. The molecule has 1 unspecified atom stereocenters. The molecule has 2 aromatic carbocycles. The Morgan fingerprint density at radius 1 is 1.13 bits per heavy atom. The molecular formula is C22H26N4O4. The van der Waals surface area contributed by atoms with Crippen LogP contribution in [0.15, 0.2) is 54.6 Å². The topological polar surface area (TPSA) is 91.0 Å². The number of imide groups is 1. The van der Waals surface area contributed by atoms with Gasteiger partial charge in [-0.05, 0) is 37.5 Å². The second kappa shape index (κ2) is 8.86. The largest absolute Gasteiger partial charge is 0.495 e. The summed E-state index contributed by atoms with van der Waals surface area (Å²) in [5.41, 5.74) is 3.14. The number of carbonyl (C=O) groups is 3. The van der Waals surface area contributed by atoms with Gasteiger partial charge in [-0.1, -0.05) is 42.5 Å². The van der Waals surface area contributed by atoms with E-state index in [1.165, 1.54) is 0 Å². The summed E-state index contributed by atoms with van der Waals surface area (Å²) in [6, 6.07) is 16.4. The van der Waals surface area contributed by atoms with Crippen molar-refractivity contribution in [2.45, 2.75) is 25.3 Å². The minimum Gasteiger partial charge on any atom is -0.495 e. The number of hydrazine groups is 1. The van der Waals surface area contributed by atoms with E-state index in [2.05, 4.69) is 10.7 Å². The highest BCUT2D eigenvalue weighted by atomic mass is 16.5. The monoisotopic (exact) mass is 410 g/mol. The molecule has 0 aromatic heterocycles. The normalized spacial score (nSPS) is 18.2. The van der Waals surface area contributed by atoms with Crippen LogP contribution >= 0.6 is 0 Å². The minimum atomic E-state index is -1.07. The van der Waals surface area contributed by atoms with E-state index in [1.54, 1.807) is 32.0 Å². The van der Waals surface area contributed by atoms with Crippen LogP contribution in [-0.4, -0.2) is 49.1 Å². The van der Waals surface area contributed by atoms with Gasteiger partial charge in [0.15, 0.2) is 0 Å². The number of ether oxygens (including phenoxy) is 1. The summed E-state index contributed by atoms with van der Waals surface area (Å²) < 4.78 is 5.30. The number of methoxy groups -OCH3 is 1. The lowest BCUT2D eigenvalue weighted by Crippen LogP contribution is -2.51. The Hall–Kier alpha value is -3.55. The molecule has 8 nitrogen and oxygen atoms in total. The zero-order valence-corrected chi connectivity index (χ0v) is 17.3. The Balaban J connectivity index is 1.61. The lowest BCUT2D eigenvalue weighted by Gasteiger charge is -2.23. The fourth-order valence-corrected chi connectivity index (χ4v) is 3.40. The van der Waals surface area contributed by atoms with E-state index in [4.69, 9.17) is 4.74 Å². The van der Waals surface area contributed by atoms with E-state index in [0.717, 1.165) is 16.3 Å². The smallest absolute Gasteiger partial charge is 0.344 e. The van der Waals surface area contributed by atoms with Crippen LogP contribution in [0.4, 0.5) is 10.5 Å². The van der Waals surface area contributed by atoms with Gasteiger partial charge in [-0.25, -0.2) is 4.79 Å². The number of para-hydroxylation sites is 2. The number of aryl methyl sites for hydroxylation is 1. The Bertz CT molecular complexity index is 934. The van der Waals surface area contributed by atoms with Gasteiger partial charge < -0.3 is 15.0 Å². The number of likely N-dealkylation sites (N-methyl/N-ethyl adjacent to an activating group) is 1. The fourth-order valence-electron chi connectivity index (χ4n) is 3.40. The lowest BCUT2D eigenvalue weighted by atomic mass is 9.93. The van der Waals surface area contributed by atoms with Crippen LogP contribution in [0.3, 0.4) is 0 Å². The van der Waals surface area contributed by atoms with Crippen molar-refractivity contribution < 1.29 is 19.1 Å². The summed E-state index contributed by atoms with van der Waals surface area (Å²) in [6.45, 7) is 1.61. The van der Waals surface area contributed by atoms with Crippen molar-refractivity contribution in [1.29, 1.82) is 0 Å². The van der Waals surface area contributed by atoms with Crippen molar-refractivity contribution >= 4 is 23.5 Å². The van der Waals surface area contributed by atoms with Crippen molar-refractivity contribution in [2.24, 2.45) is 0 Å². The molecule has 1 atom stereocenters. The second-order valence-corrected chi connectivity index (χ2v) is 7.45. The molecule has 1 fully saturated rings. The molecule has 1 aliphatic rings. The summed E-state index contributed by atoms with van der Waals surface area (Å²) in [6.07, 6.45) is 1.05. The minimum absolute atomic E-state index is 0.0574. The van der Waals surface area contributed by atoms with Gasteiger partial charge in [0, 0.05) is 7.05 Å². The number of urea groups is 1. The van der Waals surface area contributed by atoms with Crippen LogP contribution in [0.25, 0.3) is 0 Å². The highest BCUT2D eigenvalue weighted by molar-refractivity contribution is 6.07. The van der Waals surface area contributed by atoms with Crippen molar-refractivity contribution in [3.05, 3.63) is 60.2 Å². The number of nitrogens with zero attached hydrogens (tertiary/aromatic N) is 2. The second-order valence-electron chi connectivity index (χ2n) is 7.45. The predicted octanol–water partition coefficient (Wildman–Crippen LogP) is 2.11. The Morgan fingerprint density at radius 3 is 2.50 bits per heavy atom. The molecule has 1 heterocycles. The highest BCUT2D eigenvalue weighted by Crippen LogP contribution is 2.26. The molecule has 30 heavy (non-hydrogen) atoms. The molecule has 2 N–H and O–H groups in total. The van der Waals surface area contributed by atoms with Crippen LogP contribution in [0.5, 0.6) is 5.75 Å². The average molecular weight is 410 g/mol. The van der Waals surface area contributed by atoms with Gasteiger partial charge in [0.1, 0.15) is 11.3 Å². The number of hydrogen-bond acceptors (Lipinski definition) is 5. The van der Waals surface area contributed by atoms with Gasteiger partial charge in [-0.3, -0.25) is 15.0 Å². The summed E-state index contributed by atoms with van der Waals surface area (Å²) in [5, 5.41) is 3.47. The van der Waals surface area contributed by atoms with Gasteiger partial charge >= 0.3 is 6.03 Å². The number of hydrogen-bond donors (Lipinski definition) is 2. The maximum absolute atomic E-state index is 12.8. The van der Waals surface area contributed by atoms with Crippen LogP contribution in [0.1, 0.15) is 18.9 Å². The molecule has 4 amide bonds. The van der Waals surface area contributed by atoms with Crippen LogP contribution < -0.4 is 20.4 Å². The molecule has 8 heteroatoms. The van der Waals surface area contributed by atoms with E-state index >= 15 is 0 Å². The van der Waals surface area contributed by atoms with Crippen molar-refractivity contribution in [1.82, 2.24) is 15.8 Å². The molecule has 3 rings (SSSR count). The van der Waals surface area contributed by atoms with Crippen LogP contribution in [0, 0.1) is 0 Å². The van der Waals surface area contributed by atoms with Crippen molar-refractivity contribution in [2.75, 3.05) is 25.6 Å². The SMILES string of the molecule is COc1ccccc1N(C)CC(=O)NN1C(=O)NC(C)(CCc2ccccc2)C1=O. The van der Waals surface area contributed by atoms with Gasteiger partial charge in [0.2, 0.25) is 0 Å². The van der Waals surface area contributed by atoms with E-state index in [0.29, 0.717) is 18.6 Å². The maximum atomic E-state index is 12.8. The van der Waals surface area contributed by atoms with E-state index < -0.39 is 23.4 Å². The first-order valence-corrected chi connectivity index (χ1v) is 9.68. The molecule has 0 bridgehead atoms. The Kier molecular flexibility index (Phi) is 6.25. The van der Waals surface area contributed by atoms with Crippen LogP contribution in [-0.2, 0) is 16.0 Å². The van der Waals surface area contributed by atoms with Gasteiger partial charge in [-0.15, -0.1) is 0 Å². The molecule has 1 aliphatic heterocycles. The number of benzene rings is 2. The maximum Gasteiger partial charge on any atom is 0.344 e. The van der Waals surface area contributed by atoms with E-state index in [1.807, 2.05) is 48.5 Å². The number of rotatable bonds is 8. The van der Waals surface area contributed by atoms with Gasteiger partial charge in [0.05, 0.1) is 19.3 Å². The molecular weight excluding hydrogens is 384 g/mol. The first-order chi connectivity index (χ1) is 14.3. The number of anilines is 1. The lowest BCUT2D eigenvalue weighted by molar-refractivity contribution is -0.138. The van der Waals surface area contributed by atoms with E-state index in [9.17, 15) is 14.4 Å². The summed E-state index contributed by atoms with van der Waals surface area (Å²) >= 11 is 0. The Morgan fingerprint density at radius 2 is 1.80 bits per heavy atom. The van der Waals surface area contributed by atoms with Gasteiger partial charge in [0.25, 0.3) is 11.8 Å². The predicted molar refractivity (Wildman–Crippen MR) is 113 cm³/mol. The molecule has 1 saturated heterocycles. The third-order valence-corrected chi connectivity index (χ3v) is 5.13. The molecule has 0 spiro atoms. The zero-order chi connectivity index (χ0) is 21.7. The molecule has 0 radical (unpaired) electrons. The summed E-state index contributed by atoms with van der Waals surface area (Å²) in [7, 11) is 3.28. The van der Waals surface area contributed by atoms with Gasteiger partial charge in [-0.2, -0.15) is 5.01 Å². The first-order valence-electron chi connectivity index (χ1n) is 9.68. The Labute approximate surface area is 175 Å². The number of nitrogens with one attached hydrogen (secondary N) is 2. The number of amides is 4. The third-order valence-electron chi connectivity index (χ3n) is 5.13. The summed E-state index contributed by atoms with van der Waals surface area (Å²) in [4.78, 5) is 39.4. The molecule has 0 saturated carbocycles. The average Bonchev–Trinajstić information content (AvgIpc) is 2.96. The van der Waals surface area contributed by atoms with Crippen molar-refractivity contribution in [3.8, 4) is 5.75 Å².